The SMILES string of the molecule is COc1nc(Oc2cccc(CN)c2)ncc1Br. The first kappa shape index (κ1) is 12.8. The molecule has 5 nitrogen and oxygen atoms in total. The second-order valence-electron chi connectivity index (χ2n) is 3.46. The molecule has 0 fully saturated rings. The first-order chi connectivity index (χ1) is 8.72. The van der Waals surface area contributed by atoms with Gasteiger partial charge in [0.1, 0.15) is 5.75 Å². The maximum Gasteiger partial charge on any atom is 0.325 e. The van der Waals surface area contributed by atoms with Crippen molar-refractivity contribution in [3.8, 4) is 17.6 Å². The van der Waals surface area contributed by atoms with Crippen LogP contribution in [0.5, 0.6) is 17.6 Å². The highest BCUT2D eigenvalue weighted by Crippen LogP contribution is 2.25. The van der Waals surface area contributed by atoms with E-state index < -0.39 is 0 Å². The molecule has 94 valence electrons. The maximum absolute atomic E-state index is 5.56. The van der Waals surface area contributed by atoms with Crippen LogP contribution in [0.2, 0.25) is 0 Å². The van der Waals surface area contributed by atoms with Crippen molar-refractivity contribution in [2.45, 2.75) is 6.54 Å². The van der Waals surface area contributed by atoms with Crippen molar-refractivity contribution in [3.05, 3.63) is 40.5 Å². The number of nitrogens with zero attached hydrogens (tertiary/aromatic N) is 2. The highest BCUT2D eigenvalue weighted by atomic mass is 79.9. The van der Waals surface area contributed by atoms with Crippen LogP contribution in [0.15, 0.2) is 34.9 Å². The first-order valence-electron chi connectivity index (χ1n) is 5.26. The summed E-state index contributed by atoms with van der Waals surface area (Å²) in [6.45, 7) is 0.460. The largest absolute Gasteiger partial charge is 0.480 e. The lowest BCUT2D eigenvalue weighted by molar-refractivity contribution is 0.373. The summed E-state index contributed by atoms with van der Waals surface area (Å²) >= 11 is 3.28. The predicted octanol–water partition coefficient (Wildman–Crippen LogP) is 2.50. The van der Waals surface area contributed by atoms with Crippen LogP contribution in [0.25, 0.3) is 0 Å². The second-order valence-corrected chi connectivity index (χ2v) is 4.32. The molecule has 0 bridgehead atoms. The van der Waals surface area contributed by atoms with Gasteiger partial charge in [0.05, 0.1) is 17.8 Å². The molecule has 0 saturated carbocycles. The normalized spacial score (nSPS) is 10.2. The van der Waals surface area contributed by atoms with Gasteiger partial charge in [0.25, 0.3) is 0 Å². The third-order valence-electron chi connectivity index (χ3n) is 2.23. The zero-order chi connectivity index (χ0) is 13.0. The third kappa shape index (κ3) is 2.96. The molecule has 0 amide bonds. The molecule has 1 heterocycles. The van der Waals surface area contributed by atoms with Gasteiger partial charge in [0.2, 0.25) is 5.88 Å². The molecule has 0 atom stereocenters. The fourth-order valence-corrected chi connectivity index (χ4v) is 1.72. The van der Waals surface area contributed by atoms with E-state index in [1.165, 1.54) is 7.11 Å². The Morgan fingerprint density at radius 2 is 2.22 bits per heavy atom. The Kier molecular flexibility index (Phi) is 4.11. The van der Waals surface area contributed by atoms with Gasteiger partial charge in [0.15, 0.2) is 0 Å². The summed E-state index contributed by atoms with van der Waals surface area (Å²) in [5.41, 5.74) is 6.55. The molecule has 2 rings (SSSR count). The van der Waals surface area contributed by atoms with Crippen molar-refractivity contribution in [1.29, 1.82) is 0 Å². The number of methoxy groups -OCH3 is 1. The minimum Gasteiger partial charge on any atom is -0.480 e. The molecule has 2 N–H and O–H groups in total. The summed E-state index contributed by atoms with van der Waals surface area (Å²) in [4.78, 5) is 8.15. The van der Waals surface area contributed by atoms with E-state index in [9.17, 15) is 0 Å². The summed E-state index contributed by atoms with van der Waals surface area (Å²) in [6, 6.07) is 7.68. The van der Waals surface area contributed by atoms with E-state index >= 15 is 0 Å². The summed E-state index contributed by atoms with van der Waals surface area (Å²) < 4.78 is 11.3. The number of hydrogen-bond donors (Lipinski definition) is 1. The number of aromatic nitrogens is 2. The van der Waals surface area contributed by atoms with Gasteiger partial charge in [-0.15, -0.1) is 0 Å². The highest BCUT2D eigenvalue weighted by Gasteiger charge is 2.07. The molecule has 0 aliphatic rings. The maximum atomic E-state index is 5.56. The highest BCUT2D eigenvalue weighted by molar-refractivity contribution is 9.10. The fraction of sp³-hybridized carbons (Fsp3) is 0.167. The Hall–Kier alpha value is -1.66. The quantitative estimate of drug-likeness (QED) is 0.939. The molecular weight excluding hydrogens is 298 g/mol. The number of benzene rings is 1. The molecule has 0 radical (unpaired) electrons. The topological polar surface area (TPSA) is 70.3 Å². The predicted molar refractivity (Wildman–Crippen MR) is 70.7 cm³/mol. The molecule has 6 heteroatoms. The van der Waals surface area contributed by atoms with E-state index in [1.807, 2.05) is 24.3 Å². The molecule has 1 aromatic heterocycles. The van der Waals surface area contributed by atoms with Crippen LogP contribution < -0.4 is 15.2 Å². The zero-order valence-electron chi connectivity index (χ0n) is 9.76. The number of halogens is 1. The fourth-order valence-electron chi connectivity index (χ4n) is 1.37. The first-order valence-corrected chi connectivity index (χ1v) is 6.05. The number of nitrogens with two attached hydrogens (primary N) is 1. The van der Waals surface area contributed by atoms with Crippen molar-refractivity contribution < 1.29 is 9.47 Å². The summed E-state index contributed by atoms with van der Waals surface area (Å²) in [5, 5.41) is 0. The molecule has 0 spiro atoms. The number of rotatable bonds is 4. The molecule has 0 aliphatic carbocycles. The van der Waals surface area contributed by atoms with Crippen molar-refractivity contribution in [3.63, 3.8) is 0 Å². The number of ether oxygens (including phenoxy) is 2. The lowest BCUT2D eigenvalue weighted by Gasteiger charge is -2.07. The van der Waals surface area contributed by atoms with Gasteiger partial charge in [-0.3, -0.25) is 0 Å². The van der Waals surface area contributed by atoms with E-state index in [2.05, 4.69) is 25.9 Å². The average molecular weight is 310 g/mol. The Morgan fingerprint density at radius 3 is 2.94 bits per heavy atom. The number of hydrogen-bond acceptors (Lipinski definition) is 5. The lowest BCUT2D eigenvalue weighted by Crippen LogP contribution is -1.98. The van der Waals surface area contributed by atoms with Crippen molar-refractivity contribution in [2.75, 3.05) is 7.11 Å². The standard InChI is InChI=1S/C12H12BrN3O2/c1-17-11-10(13)7-15-12(16-11)18-9-4-2-3-8(5-9)6-14/h2-5,7H,6,14H2,1H3. The molecule has 0 unspecified atom stereocenters. The van der Waals surface area contributed by atoms with Crippen LogP contribution in [-0.4, -0.2) is 17.1 Å². The summed E-state index contributed by atoms with van der Waals surface area (Å²) in [5.74, 6) is 1.07. The van der Waals surface area contributed by atoms with Gasteiger partial charge in [0, 0.05) is 6.54 Å². The minimum atomic E-state index is 0.226. The smallest absolute Gasteiger partial charge is 0.325 e. The van der Waals surface area contributed by atoms with E-state index in [1.54, 1.807) is 6.20 Å². The molecule has 0 aliphatic heterocycles. The Morgan fingerprint density at radius 1 is 1.39 bits per heavy atom. The van der Waals surface area contributed by atoms with Crippen molar-refractivity contribution in [2.24, 2.45) is 5.73 Å². The van der Waals surface area contributed by atoms with Gasteiger partial charge < -0.3 is 15.2 Å². The molecular formula is C12H12BrN3O2. The van der Waals surface area contributed by atoms with Crippen LogP contribution in [0.4, 0.5) is 0 Å². The molecule has 0 saturated heterocycles. The van der Waals surface area contributed by atoms with E-state index in [0.717, 1.165) is 5.56 Å². The van der Waals surface area contributed by atoms with Gasteiger partial charge in [-0.05, 0) is 33.6 Å². The zero-order valence-corrected chi connectivity index (χ0v) is 11.3. The summed E-state index contributed by atoms with van der Waals surface area (Å²) in [6.07, 6.45) is 1.58. The van der Waals surface area contributed by atoms with E-state index in [-0.39, 0.29) is 6.01 Å². The van der Waals surface area contributed by atoms with Gasteiger partial charge in [-0.1, -0.05) is 12.1 Å². The minimum absolute atomic E-state index is 0.226. The Bertz CT molecular complexity index is 549. The van der Waals surface area contributed by atoms with Crippen molar-refractivity contribution >= 4 is 15.9 Å². The molecule has 18 heavy (non-hydrogen) atoms. The van der Waals surface area contributed by atoms with Crippen LogP contribution >= 0.6 is 15.9 Å². The third-order valence-corrected chi connectivity index (χ3v) is 2.77. The average Bonchev–Trinajstić information content (AvgIpc) is 2.41. The van der Waals surface area contributed by atoms with Crippen molar-refractivity contribution in [1.82, 2.24) is 9.97 Å². The van der Waals surface area contributed by atoms with Crippen LogP contribution in [0.1, 0.15) is 5.56 Å². The van der Waals surface area contributed by atoms with Crippen LogP contribution in [-0.2, 0) is 6.54 Å². The molecule has 2 aromatic rings. The Balaban J connectivity index is 2.22. The van der Waals surface area contributed by atoms with Crippen LogP contribution in [0, 0.1) is 0 Å². The van der Waals surface area contributed by atoms with E-state index in [4.69, 9.17) is 15.2 Å². The summed E-state index contributed by atoms with van der Waals surface area (Å²) in [7, 11) is 1.53. The lowest BCUT2D eigenvalue weighted by atomic mass is 10.2. The van der Waals surface area contributed by atoms with Gasteiger partial charge in [-0.2, -0.15) is 4.98 Å². The Labute approximate surface area is 113 Å². The van der Waals surface area contributed by atoms with E-state index in [0.29, 0.717) is 22.6 Å². The van der Waals surface area contributed by atoms with Crippen LogP contribution in [0.3, 0.4) is 0 Å². The monoisotopic (exact) mass is 309 g/mol. The molecule has 1 aromatic carbocycles. The second kappa shape index (κ2) is 5.79. The van der Waals surface area contributed by atoms with Gasteiger partial charge in [-0.25, -0.2) is 4.98 Å². The van der Waals surface area contributed by atoms with Gasteiger partial charge >= 0.3 is 6.01 Å².